The maximum atomic E-state index is 13.0. The van der Waals surface area contributed by atoms with E-state index in [-0.39, 0.29) is 5.69 Å². The first kappa shape index (κ1) is 22.8. The molecule has 0 aliphatic carbocycles. The third kappa shape index (κ3) is 4.06. The van der Waals surface area contributed by atoms with Crippen LogP contribution in [0.5, 0.6) is 0 Å². The van der Waals surface area contributed by atoms with Gasteiger partial charge in [-0.05, 0) is 54.5 Å². The molecular weight excluding hydrogens is 424 g/mol. The summed E-state index contributed by atoms with van der Waals surface area (Å²) < 4.78 is 3.46. The molecule has 0 amide bonds. The number of imidazole rings is 1. The van der Waals surface area contributed by atoms with Crippen LogP contribution in [0.4, 0.5) is 0 Å². The molecule has 178 valence electrons. The molecule has 6 rings (SSSR count). The van der Waals surface area contributed by atoms with Crippen molar-refractivity contribution in [1.29, 1.82) is 5.26 Å². The van der Waals surface area contributed by atoms with Crippen LogP contribution in [-0.2, 0) is 20.1 Å². The van der Waals surface area contributed by atoms with Gasteiger partial charge >= 0.3 is 5.69 Å². The average molecular weight is 459 g/mol. The van der Waals surface area contributed by atoms with Crippen molar-refractivity contribution in [3.8, 4) is 17.3 Å². The lowest BCUT2D eigenvalue weighted by atomic mass is 9.92. The largest absolute Gasteiger partial charge is 0.330 e. The van der Waals surface area contributed by atoms with Crippen LogP contribution in [0.25, 0.3) is 22.4 Å². The van der Waals surface area contributed by atoms with Crippen LogP contribution in [0.3, 0.4) is 0 Å². The van der Waals surface area contributed by atoms with Gasteiger partial charge in [-0.15, -0.1) is 0 Å². The zero-order chi connectivity index (χ0) is 24.0. The third-order valence-corrected chi connectivity index (χ3v) is 7.92. The molecule has 0 saturated carbocycles. The van der Waals surface area contributed by atoms with Gasteiger partial charge in [-0.2, -0.15) is 5.26 Å². The molecule has 3 unspecified atom stereocenters. The van der Waals surface area contributed by atoms with Gasteiger partial charge in [0.05, 0.1) is 22.8 Å². The van der Waals surface area contributed by atoms with Crippen LogP contribution < -0.4 is 11.0 Å². The number of hydrogen-bond donors (Lipinski definition) is 1. The van der Waals surface area contributed by atoms with E-state index in [0.29, 0.717) is 41.7 Å². The second kappa shape index (κ2) is 9.01. The van der Waals surface area contributed by atoms with Crippen molar-refractivity contribution in [2.24, 2.45) is 18.9 Å². The van der Waals surface area contributed by atoms with Gasteiger partial charge in [0.15, 0.2) is 5.65 Å². The Hall–Kier alpha value is -2.95. The van der Waals surface area contributed by atoms with Gasteiger partial charge in [-0.3, -0.25) is 14.0 Å². The molecule has 3 atom stereocenters. The van der Waals surface area contributed by atoms with Crippen molar-refractivity contribution in [1.82, 2.24) is 24.3 Å². The fourth-order valence-corrected chi connectivity index (χ4v) is 5.33. The Bertz CT molecular complexity index is 1310. The number of piperazine rings is 1. The third-order valence-electron chi connectivity index (χ3n) is 7.92. The normalized spacial score (nSPS) is 21.3. The summed E-state index contributed by atoms with van der Waals surface area (Å²) in [6.45, 7) is 10.2. The van der Waals surface area contributed by atoms with Crippen molar-refractivity contribution in [3.63, 3.8) is 0 Å². The molecular formula is C27H34N6O. The van der Waals surface area contributed by atoms with Gasteiger partial charge in [0.25, 0.3) is 0 Å². The maximum Gasteiger partial charge on any atom is 0.330 e. The van der Waals surface area contributed by atoms with Gasteiger partial charge in [-0.25, -0.2) is 9.78 Å². The Labute approximate surface area is 201 Å². The smallest absolute Gasteiger partial charge is 0.311 e. The first-order valence-corrected chi connectivity index (χ1v) is 12.4. The van der Waals surface area contributed by atoms with Crippen LogP contribution in [-0.4, -0.2) is 44.2 Å². The van der Waals surface area contributed by atoms with Crippen LogP contribution >= 0.6 is 0 Å². The number of aromatic nitrogens is 3. The van der Waals surface area contributed by atoms with Gasteiger partial charge in [0, 0.05) is 50.9 Å². The molecule has 34 heavy (non-hydrogen) atoms. The summed E-state index contributed by atoms with van der Waals surface area (Å²) >= 11 is 0. The zero-order valence-electron chi connectivity index (χ0n) is 20.6. The second-order valence-electron chi connectivity index (χ2n) is 10.5. The number of nitrogens with one attached hydrogen (secondary N) is 1. The quantitative estimate of drug-likeness (QED) is 0.612. The van der Waals surface area contributed by atoms with E-state index < -0.39 is 0 Å². The lowest BCUT2D eigenvalue weighted by Crippen LogP contribution is -2.60. The minimum atomic E-state index is -0.0461. The van der Waals surface area contributed by atoms with Gasteiger partial charge in [0.2, 0.25) is 0 Å². The maximum absolute atomic E-state index is 13.0. The zero-order valence-corrected chi connectivity index (χ0v) is 20.6. The summed E-state index contributed by atoms with van der Waals surface area (Å²) in [7, 11) is 1.78. The highest BCUT2D eigenvalue weighted by Gasteiger charge is 2.33. The Balaban J connectivity index is 1.50. The summed E-state index contributed by atoms with van der Waals surface area (Å²) in [4.78, 5) is 20.4. The second-order valence-corrected chi connectivity index (χ2v) is 10.5. The molecule has 3 aliphatic heterocycles. The number of aryl methyl sites for hydroxylation is 1. The molecule has 3 fully saturated rings. The SMILES string of the molecule is CC(C)C(C)Cn1c(=O)n(C)c2nc(-c3cc(CN4CC5CCC4CN5)ccc3C#N)ccc21. The van der Waals surface area contributed by atoms with E-state index in [4.69, 9.17) is 4.98 Å². The number of rotatable bonds is 6. The summed E-state index contributed by atoms with van der Waals surface area (Å²) in [6, 6.07) is 13.5. The number of nitriles is 1. The van der Waals surface area contributed by atoms with E-state index in [9.17, 15) is 10.1 Å². The number of hydrogen-bond acceptors (Lipinski definition) is 5. The van der Waals surface area contributed by atoms with Gasteiger partial charge in [0.1, 0.15) is 0 Å². The Kier molecular flexibility index (Phi) is 6.05. The molecule has 1 aromatic carbocycles. The number of fused-ring (bicyclic) bond motifs is 4. The fraction of sp³-hybridized carbons (Fsp3) is 0.519. The van der Waals surface area contributed by atoms with Crippen molar-refractivity contribution in [2.75, 3.05) is 13.1 Å². The molecule has 2 aromatic heterocycles. The van der Waals surface area contributed by atoms with E-state index in [1.165, 1.54) is 18.4 Å². The van der Waals surface area contributed by atoms with Crippen molar-refractivity contribution in [2.45, 2.75) is 58.8 Å². The van der Waals surface area contributed by atoms with Gasteiger partial charge < -0.3 is 5.32 Å². The lowest BCUT2D eigenvalue weighted by molar-refractivity contribution is 0.0685. The highest BCUT2D eigenvalue weighted by atomic mass is 16.1. The molecule has 5 heterocycles. The summed E-state index contributed by atoms with van der Waals surface area (Å²) in [6.07, 6.45) is 2.51. The van der Waals surface area contributed by atoms with E-state index in [1.54, 1.807) is 11.6 Å². The summed E-state index contributed by atoms with van der Waals surface area (Å²) in [5.41, 5.74) is 4.82. The number of piperidine rings is 2. The Morgan fingerprint density at radius 3 is 2.68 bits per heavy atom. The standard InChI is InChI=1S/C27H34N6O/c1-17(2)18(3)14-33-25-10-9-24(30-26(25)31(4)27(33)34)23-11-19(5-6-20(23)12-28)15-32-16-21-7-8-22(32)13-29-21/h5-6,9-11,17-18,21-22,29H,7-8,13-16H2,1-4H3. The van der Waals surface area contributed by atoms with Crippen molar-refractivity contribution < 1.29 is 0 Å². The Morgan fingerprint density at radius 1 is 1.21 bits per heavy atom. The van der Waals surface area contributed by atoms with Crippen LogP contribution in [0.1, 0.15) is 44.7 Å². The Morgan fingerprint density at radius 2 is 2.03 bits per heavy atom. The average Bonchev–Trinajstić information content (AvgIpc) is 3.09. The molecule has 2 bridgehead atoms. The minimum absolute atomic E-state index is 0.0461. The topological polar surface area (TPSA) is 78.9 Å². The molecule has 3 aliphatic rings. The number of benzene rings is 1. The predicted molar refractivity (Wildman–Crippen MR) is 134 cm³/mol. The molecule has 7 heteroatoms. The highest BCUT2D eigenvalue weighted by Crippen LogP contribution is 2.28. The monoisotopic (exact) mass is 458 g/mol. The number of nitrogens with zero attached hydrogens (tertiary/aromatic N) is 5. The van der Waals surface area contributed by atoms with Crippen molar-refractivity contribution in [3.05, 3.63) is 51.9 Å². The fourth-order valence-electron chi connectivity index (χ4n) is 5.33. The minimum Gasteiger partial charge on any atom is -0.311 e. The predicted octanol–water partition coefficient (Wildman–Crippen LogP) is 3.50. The molecule has 1 N–H and O–H groups in total. The van der Waals surface area contributed by atoms with Crippen LogP contribution in [0.15, 0.2) is 35.1 Å². The van der Waals surface area contributed by atoms with E-state index >= 15 is 0 Å². The number of pyridine rings is 1. The molecule has 3 aromatic rings. The molecule has 3 saturated heterocycles. The molecule has 0 spiro atoms. The molecule has 0 radical (unpaired) electrons. The lowest BCUT2D eigenvalue weighted by Gasteiger charge is -2.46. The van der Waals surface area contributed by atoms with Gasteiger partial charge in [-0.1, -0.05) is 26.8 Å². The first-order chi connectivity index (χ1) is 16.4. The summed E-state index contributed by atoms with van der Waals surface area (Å²) in [5.74, 6) is 0.867. The van der Waals surface area contributed by atoms with E-state index in [0.717, 1.165) is 36.4 Å². The first-order valence-electron chi connectivity index (χ1n) is 12.4. The van der Waals surface area contributed by atoms with E-state index in [1.807, 2.05) is 22.8 Å². The van der Waals surface area contributed by atoms with Crippen LogP contribution in [0.2, 0.25) is 0 Å². The van der Waals surface area contributed by atoms with E-state index in [2.05, 4.69) is 49.2 Å². The van der Waals surface area contributed by atoms with Crippen LogP contribution in [0, 0.1) is 23.2 Å². The highest BCUT2D eigenvalue weighted by molar-refractivity contribution is 5.78. The molecule has 7 nitrogen and oxygen atoms in total. The van der Waals surface area contributed by atoms with Crippen molar-refractivity contribution >= 4 is 11.2 Å². The summed E-state index contributed by atoms with van der Waals surface area (Å²) in [5, 5.41) is 13.4.